The number of hydrogen-bond acceptors (Lipinski definition) is 9. The van der Waals surface area contributed by atoms with E-state index < -0.39 is 0 Å². The fourth-order valence-electron chi connectivity index (χ4n) is 3.26. The predicted octanol–water partition coefficient (Wildman–Crippen LogP) is 4.93. The van der Waals surface area contributed by atoms with Gasteiger partial charge in [-0.25, -0.2) is 0 Å². The molecular weight excluding hydrogens is 456 g/mol. The van der Waals surface area contributed by atoms with Crippen molar-refractivity contribution in [2.75, 3.05) is 25.3 Å². The molecule has 10 heteroatoms. The van der Waals surface area contributed by atoms with Crippen LogP contribution in [0.4, 0.5) is 17.5 Å². The molecule has 170 valence electrons. The number of benzene rings is 3. The van der Waals surface area contributed by atoms with Gasteiger partial charge in [0.15, 0.2) is 11.5 Å². The molecule has 0 aliphatic heterocycles. The number of methoxy groups -OCH3 is 2. The van der Waals surface area contributed by atoms with Crippen LogP contribution in [0.5, 0.6) is 23.1 Å². The maximum absolute atomic E-state index is 9.20. The van der Waals surface area contributed by atoms with Crippen molar-refractivity contribution in [3.8, 4) is 35.3 Å². The Bertz CT molecular complexity index is 1430. The van der Waals surface area contributed by atoms with E-state index in [4.69, 9.17) is 25.2 Å². The Hall–Kier alpha value is -4.73. The lowest BCUT2D eigenvalue weighted by molar-refractivity contribution is 0.345. The number of nitrogens with zero attached hydrogens (tertiary/aromatic N) is 4. The molecule has 0 amide bonds. The van der Waals surface area contributed by atoms with Crippen LogP contribution < -0.4 is 25.3 Å². The van der Waals surface area contributed by atoms with Crippen LogP contribution in [0.2, 0.25) is 0 Å². The normalized spacial score (nSPS) is 9.88. The van der Waals surface area contributed by atoms with Crippen LogP contribution in [0.25, 0.3) is 10.8 Å². The number of fused-ring (bicyclic) bond motifs is 1. The topological polar surface area (TPSA) is 139 Å². The molecule has 0 bridgehead atoms. The van der Waals surface area contributed by atoms with Gasteiger partial charge >= 0.3 is 0 Å². The van der Waals surface area contributed by atoms with E-state index in [2.05, 4.69) is 27.4 Å². The quantitative estimate of drug-likeness (QED) is 0.398. The van der Waals surface area contributed by atoms with Crippen molar-refractivity contribution < 1.29 is 14.2 Å². The fourth-order valence-corrected chi connectivity index (χ4v) is 3.26. The van der Waals surface area contributed by atoms with Crippen LogP contribution in [0.15, 0.2) is 54.6 Å². The SMILES string of the molecule is COc1cc2cc(C#N)ccc2c(OC)c1Oc1cc(N)nc(Nc2ccc(C#N)cc2)n1.Cl. The Morgan fingerprint density at radius 1 is 0.853 bits per heavy atom. The van der Waals surface area contributed by atoms with Crippen LogP contribution in [0.1, 0.15) is 11.1 Å². The minimum Gasteiger partial charge on any atom is -0.493 e. The third-order valence-corrected chi connectivity index (χ3v) is 4.77. The monoisotopic (exact) mass is 474 g/mol. The van der Waals surface area contributed by atoms with Crippen LogP contribution in [0, 0.1) is 22.7 Å². The second-order valence-corrected chi connectivity index (χ2v) is 6.86. The van der Waals surface area contributed by atoms with E-state index >= 15 is 0 Å². The van der Waals surface area contributed by atoms with E-state index in [1.807, 2.05) is 0 Å². The number of nitrogens with one attached hydrogen (secondary N) is 1. The molecule has 3 N–H and O–H groups in total. The van der Waals surface area contributed by atoms with Gasteiger partial charge in [0.2, 0.25) is 17.6 Å². The first-order chi connectivity index (χ1) is 16.0. The average Bonchev–Trinajstić information content (AvgIpc) is 2.83. The molecule has 0 aliphatic carbocycles. The molecule has 0 saturated carbocycles. The summed E-state index contributed by atoms with van der Waals surface area (Å²) in [5, 5.41) is 22.7. The summed E-state index contributed by atoms with van der Waals surface area (Å²) in [6, 6.07) is 19.5. The molecule has 1 heterocycles. The van der Waals surface area contributed by atoms with Gasteiger partial charge in [0.25, 0.3) is 0 Å². The first-order valence-electron chi connectivity index (χ1n) is 9.73. The first-order valence-corrected chi connectivity index (χ1v) is 9.73. The van der Waals surface area contributed by atoms with Gasteiger partial charge in [0.05, 0.1) is 37.5 Å². The summed E-state index contributed by atoms with van der Waals surface area (Å²) in [5.41, 5.74) is 7.70. The maximum atomic E-state index is 9.20. The van der Waals surface area contributed by atoms with Gasteiger partial charge in [-0.15, -0.1) is 12.4 Å². The summed E-state index contributed by atoms with van der Waals surface area (Å²) >= 11 is 0. The number of anilines is 3. The summed E-state index contributed by atoms with van der Waals surface area (Å²) < 4.78 is 17.2. The highest BCUT2D eigenvalue weighted by Gasteiger charge is 2.19. The summed E-state index contributed by atoms with van der Waals surface area (Å²) in [6.45, 7) is 0. The van der Waals surface area contributed by atoms with Gasteiger partial charge in [-0.1, -0.05) is 0 Å². The van der Waals surface area contributed by atoms with E-state index in [1.165, 1.54) is 20.3 Å². The minimum atomic E-state index is 0. The number of nitrogens with two attached hydrogens (primary N) is 1. The smallest absolute Gasteiger partial charge is 0.232 e. The molecule has 0 fully saturated rings. The molecule has 0 spiro atoms. The Kier molecular flexibility index (Phi) is 7.22. The van der Waals surface area contributed by atoms with Gasteiger partial charge in [0.1, 0.15) is 5.82 Å². The summed E-state index contributed by atoms with van der Waals surface area (Å²) in [7, 11) is 3.03. The van der Waals surface area contributed by atoms with Crippen molar-refractivity contribution in [1.82, 2.24) is 9.97 Å². The molecule has 0 radical (unpaired) electrons. The van der Waals surface area contributed by atoms with Gasteiger partial charge < -0.3 is 25.3 Å². The second kappa shape index (κ2) is 10.3. The number of nitriles is 2. The summed E-state index contributed by atoms with van der Waals surface area (Å²) in [6.07, 6.45) is 0. The van der Waals surface area contributed by atoms with Crippen molar-refractivity contribution in [2.45, 2.75) is 0 Å². The molecule has 0 atom stereocenters. The first kappa shape index (κ1) is 23.9. The molecule has 4 rings (SSSR count). The molecule has 0 unspecified atom stereocenters. The zero-order valence-corrected chi connectivity index (χ0v) is 19.0. The average molecular weight is 475 g/mol. The maximum Gasteiger partial charge on any atom is 0.232 e. The number of rotatable bonds is 6. The summed E-state index contributed by atoms with van der Waals surface area (Å²) in [5.74, 6) is 1.70. The van der Waals surface area contributed by atoms with E-state index in [0.29, 0.717) is 34.1 Å². The largest absolute Gasteiger partial charge is 0.493 e. The Morgan fingerprint density at radius 3 is 2.21 bits per heavy atom. The lowest BCUT2D eigenvalue weighted by Crippen LogP contribution is -2.03. The highest BCUT2D eigenvalue weighted by atomic mass is 35.5. The van der Waals surface area contributed by atoms with E-state index in [9.17, 15) is 5.26 Å². The van der Waals surface area contributed by atoms with Gasteiger partial charge in [0, 0.05) is 17.1 Å². The van der Waals surface area contributed by atoms with Crippen molar-refractivity contribution in [3.05, 3.63) is 65.7 Å². The second-order valence-electron chi connectivity index (χ2n) is 6.86. The zero-order chi connectivity index (χ0) is 23.4. The van der Waals surface area contributed by atoms with Crippen LogP contribution in [-0.2, 0) is 0 Å². The van der Waals surface area contributed by atoms with Crippen molar-refractivity contribution in [1.29, 1.82) is 10.5 Å². The van der Waals surface area contributed by atoms with E-state index in [-0.39, 0.29) is 30.1 Å². The van der Waals surface area contributed by atoms with Gasteiger partial charge in [-0.05, 0) is 53.9 Å². The Morgan fingerprint density at radius 2 is 1.56 bits per heavy atom. The number of aromatic nitrogens is 2. The Balaban J connectivity index is 0.00000324. The lowest BCUT2D eigenvalue weighted by Gasteiger charge is -2.16. The number of nitrogen functional groups attached to an aromatic ring is 1. The van der Waals surface area contributed by atoms with Crippen LogP contribution >= 0.6 is 12.4 Å². The predicted molar refractivity (Wildman–Crippen MR) is 130 cm³/mol. The minimum absolute atomic E-state index is 0. The van der Waals surface area contributed by atoms with Crippen molar-refractivity contribution >= 4 is 40.6 Å². The highest BCUT2D eigenvalue weighted by Crippen LogP contribution is 2.45. The molecule has 3 aromatic carbocycles. The molecular formula is C24H19ClN6O3. The summed E-state index contributed by atoms with van der Waals surface area (Å²) in [4.78, 5) is 8.57. The Labute approximate surface area is 201 Å². The standard InChI is InChI=1S/C24H18N6O3.ClH/c1-31-19-10-16-9-15(13-26)5-8-18(16)22(32-2)23(19)33-21-11-20(27)29-24(30-21)28-17-6-3-14(12-25)4-7-17;/h3-11H,1-2H3,(H3,27,28,29,30);1H. The fraction of sp³-hybridized carbons (Fsp3) is 0.0833. The number of hydrogen-bond donors (Lipinski definition) is 2. The molecule has 0 aliphatic rings. The van der Waals surface area contributed by atoms with Gasteiger partial charge in [-0.2, -0.15) is 20.5 Å². The van der Waals surface area contributed by atoms with Crippen molar-refractivity contribution in [2.24, 2.45) is 0 Å². The van der Waals surface area contributed by atoms with Crippen LogP contribution in [0.3, 0.4) is 0 Å². The molecule has 1 aromatic heterocycles. The lowest BCUT2D eigenvalue weighted by atomic mass is 10.1. The molecule has 4 aromatic rings. The van der Waals surface area contributed by atoms with Gasteiger partial charge in [-0.3, -0.25) is 0 Å². The van der Waals surface area contributed by atoms with Crippen LogP contribution in [-0.4, -0.2) is 24.2 Å². The number of halogens is 1. The number of ether oxygens (including phenoxy) is 3. The molecule has 9 nitrogen and oxygen atoms in total. The zero-order valence-electron chi connectivity index (χ0n) is 18.2. The molecule has 0 saturated heterocycles. The van der Waals surface area contributed by atoms with Crippen molar-refractivity contribution in [3.63, 3.8) is 0 Å². The third kappa shape index (κ3) is 4.85. The van der Waals surface area contributed by atoms with E-state index in [0.717, 1.165) is 10.8 Å². The third-order valence-electron chi connectivity index (χ3n) is 4.77. The highest BCUT2D eigenvalue weighted by molar-refractivity contribution is 5.94. The molecule has 34 heavy (non-hydrogen) atoms. The van der Waals surface area contributed by atoms with E-state index in [1.54, 1.807) is 48.5 Å².